The number of aliphatic carboxylic acids is 1. The number of hydrogen-bond donors (Lipinski definition) is 2. The Morgan fingerprint density at radius 3 is 1.97 bits per heavy atom. The zero-order valence-electron chi connectivity index (χ0n) is 20.9. The molecule has 4 rings (SSSR count). The average Bonchev–Trinajstić information content (AvgIpc) is 3.16. The first kappa shape index (κ1) is 25.8. The predicted octanol–water partition coefficient (Wildman–Crippen LogP) is 4.23. The Balaban J connectivity index is 1.33. The van der Waals surface area contributed by atoms with Crippen LogP contribution >= 0.6 is 0 Å². The molecule has 37 heavy (non-hydrogen) atoms. The summed E-state index contributed by atoms with van der Waals surface area (Å²) in [6.07, 6.45) is -1.43. The van der Waals surface area contributed by atoms with Crippen molar-refractivity contribution >= 4 is 23.8 Å². The van der Waals surface area contributed by atoms with Crippen LogP contribution in [0.3, 0.4) is 0 Å². The zero-order valence-corrected chi connectivity index (χ0v) is 20.9. The van der Waals surface area contributed by atoms with Gasteiger partial charge in [0.25, 0.3) is 0 Å². The molecule has 0 saturated heterocycles. The lowest BCUT2D eigenvalue weighted by Crippen LogP contribution is -2.50. The maximum Gasteiger partial charge on any atom is 0.411 e. The molecular formula is C29H29N2O6-. The topological polar surface area (TPSA) is 117 Å². The van der Waals surface area contributed by atoms with Crippen LogP contribution in [0.25, 0.3) is 11.1 Å². The number of nitrogens with one attached hydrogen (secondary N) is 2. The second kappa shape index (κ2) is 10.7. The number of carboxylic acids is 1. The van der Waals surface area contributed by atoms with Gasteiger partial charge < -0.3 is 24.7 Å². The van der Waals surface area contributed by atoms with Gasteiger partial charge in [-0.15, -0.1) is 0 Å². The van der Waals surface area contributed by atoms with Crippen LogP contribution in [-0.2, 0) is 20.7 Å². The summed E-state index contributed by atoms with van der Waals surface area (Å²) in [5.74, 6) is -1.47. The number of hydrogen-bond acceptors (Lipinski definition) is 6. The number of amides is 2. The van der Waals surface area contributed by atoms with Crippen molar-refractivity contribution in [2.45, 2.75) is 44.8 Å². The number of carbonyl (C=O) groups excluding carboxylic acids is 3. The van der Waals surface area contributed by atoms with E-state index < -0.39 is 29.8 Å². The Kier molecular flexibility index (Phi) is 7.47. The van der Waals surface area contributed by atoms with Crippen LogP contribution in [0.4, 0.5) is 15.3 Å². The van der Waals surface area contributed by atoms with Gasteiger partial charge in [-0.25, -0.2) is 9.59 Å². The van der Waals surface area contributed by atoms with E-state index in [0.29, 0.717) is 11.3 Å². The van der Waals surface area contributed by atoms with Crippen molar-refractivity contribution in [3.05, 3.63) is 89.5 Å². The van der Waals surface area contributed by atoms with E-state index in [0.717, 1.165) is 22.3 Å². The fourth-order valence-electron chi connectivity index (χ4n) is 4.36. The zero-order chi connectivity index (χ0) is 26.6. The molecule has 192 valence electrons. The number of carboxylic acid groups (broad SMARTS) is 1. The number of ether oxygens (including phenoxy) is 2. The van der Waals surface area contributed by atoms with Gasteiger partial charge in [0.15, 0.2) is 0 Å². The van der Waals surface area contributed by atoms with Gasteiger partial charge in [0.05, 0.1) is 12.0 Å². The fraction of sp³-hybridized carbons (Fsp3) is 0.276. The minimum Gasteiger partial charge on any atom is -0.548 e. The second-order valence-corrected chi connectivity index (χ2v) is 9.87. The summed E-state index contributed by atoms with van der Waals surface area (Å²) in [6.45, 7) is 5.25. The van der Waals surface area contributed by atoms with Gasteiger partial charge in [-0.05, 0) is 67.1 Å². The molecular weight excluding hydrogens is 472 g/mol. The normalized spacial score (nSPS) is 13.2. The SMILES string of the molecule is CC(C)(C)OC(=O)N[C@@H](Cc1ccc(NC(=O)OCC2c3ccccc3-c3ccccc32)cc1)C(=O)[O-]. The molecule has 3 aromatic rings. The van der Waals surface area contributed by atoms with Crippen LogP contribution in [0.2, 0.25) is 0 Å². The molecule has 0 aromatic heterocycles. The van der Waals surface area contributed by atoms with Gasteiger partial charge in [-0.1, -0.05) is 60.7 Å². The van der Waals surface area contributed by atoms with Crippen molar-refractivity contribution in [1.82, 2.24) is 5.32 Å². The molecule has 0 fully saturated rings. The summed E-state index contributed by atoms with van der Waals surface area (Å²) in [4.78, 5) is 35.9. The number of anilines is 1. The summed E-state index contributed by atoms with van der Waals surface area (Å²) in [5, 5.41) is 16.5. The van der Waals surface area contributed by atoms with Gasteiger partial charge >= 0.3 is 12.2 Å². The Labute approximate surface area is 215 Å². The van der Waals surface area contributed by atoms with Crippen molar-refractivity contribution in [2.75, 3.05) is 11.9 Å². The van der Waals surface area contributed by atoms with Crippen molar-refractivity contribution in [3.8, 4) is 11.1 Å². The number of fused-ring (bicyclic) bond motifs is 3. The molecule has 0 spiro atoms. The first-order chi connectivity index (χ1) is 17.6. The first-order valence-corrected chi connectivity index (χ1v) is 12.0. The third-order valence-electron chi connectivity index (χ3n) is 5.96. The van der Waals surface area contributed by atoms with E-state index in [-0.39, 0.29) is 18.9 Å². The van der Waals surface area contributed by atoms with E-state index in [4.69, 9.17) is 9.47 Å². The van der Waals surface area contributed by atoms with Gasteiger partial charge in [-0.3, -0.25) is 5.32 Å². The minimum absolute atomic E-state index is 0.00714. The molecule has 0 unspecified atom stereocenters. The van der Waals surface area contributed by atoms with Crippen molar-refractivity contribution in [3.63, 3.8) is 0 Å². The predicted molar refractivity (Wildman–Crippen MR) is 137 cm³/mol. The maximum atomic E-state index is 12.5. The Hall–Kier alpha value is -4.33. The second-order valence-electron chi connectivity index (χ2n) is 9.87. The number of rotatable bonds is 7. The van der Waals surface area contributed by atoms with E-state index in [1.54, 1.807) is 45.0 Å². The number of alkyl carbamates (subject to hydrolysis) is 1. The molecule has 0 radical (unpaired) electrons. The Bertz CT molecular complexity index is 1250. The molecule has 8 heteroatoms. The van der Waals surface area contributed by atoms with Gasteiger partial charge in [0.1, 0.15) is 12.2 Å². The lowest BCUT2D eigenvalue weighted by molar-refractivity contribution is -0.308. The van der Waals surface area contributed by atoms with Crippen LogP contribution in [0.5, 0.6) is 0 Å². The quantitative estimate of drug-likeness (QED) is 0.500. The third-order valence-corrected chi connectivity index (χ3v) is 5.96. The lowest BCUT2D eigenvalue weighted by Gasteiger charge is -2.24. The lowest BCUT2D eigenvalue weighted by atomic mass is 9.98. The molecule has 2 N–H and O–H groups in total. The van der Waals surface area contributed by atoms with E-state index in [1.807, 2.05) is 24.3 Å². The summed E-state index contributed by atoms with van der Waals surface area (Å²) >= 11 is 0. The van der Waals surface area contributed by atoms with Crippen LogP contribution in [0, 0.1) is 0 Å². The largest absolute Gasteiger partial charge is 0.548 e. The van der Waals surface area contributed by atoms with Crippen molar-refractivity contribution in [1.29, 1.82) is 0 Å². The molecule has 1 aliphatic carbocycles. The highest BCUT2D eigenvalue weighted by atomic mass is 16.6. The molecule has 1 atom stereocenters. The first-order valence-electron chi connectivity index (χ1n) is 12.0. The van der Waals surface area contributed by atoms with E-state index in [1.165, 1.54) is 0 Å². The smallest absolute Gasteiger partial charge is 0.411 e. The molecule has 3 aromatic carbocycles. The van der Waals surface area contributed by atoms with Gasteiger partial charge in [0.2, 0.25) is 0 Å². The minimum atomic E-state index is -1.42. The Morgan fingerprint density at radius 1 is 0.865 bits per heavy atom. The number of benzene rings is 3. The van der Waals surface area contributed by atoms with Crippen molar-refractivity contribution in [2.24, 2.45) is 0 Å². The van der Waals surface area contributed by atoms with Crippen LogP contribution in [0.15, 0.2) is 72.8 Å². The molecule has 0 heterocycles. The molecule has 0 bridgehead atoms. The summed E-state index contributed by atoms with van der Waals surface area (Å²) < 4.78 is 10.7. The highest BCUT2D eigenvalue weighted by Gasteiger charge is 2.29. The van der Waals surface area contributed by atoms with E-state index in [9.17, 15) is 19.5 Å². The molecule has 0 saturated carbocycles. The van der Waals surface area contributed by atoms with E-state index >= 15 is 0 Å². The molecule has 0 aliphatic heterocycles. The highest BCUT2D eigenvalue weighted by Crippen LogP contribution is 2.44. The highest BCUT2D eigenvalue weighted by molar-refractivity contribution is 5.85. The van der Waals surface area contributed by atoms with Crippen molar-refractivity contribution < 1.29 is 29.0 Å². The van der Waals surface area contributed by atoms with Gasteiger partial charge in [-0.2, -0.15) is 0 Å². The van der Waals surface area contributed by atoms with Crippen LogP contribution in [-0.4, -0.2) is 36.4 Å². The van der Waals surface area contributed by atoms with Crippen LogP contribution < -0.4 is 15.7 Å². The summed E-state index contributed by atoms with van der Waals surface area (Å²) in [5.41, 5.74) is 4.92. The molecule has 8 nitrogen and oxygen atoms in total. The van der Waals surface area contributed by atoms with E-state index in [2.05, 4.69) is 34.9 Å². The van der Waals surface area contributed by atoms with Gasteiger partial charge in [0, 0.05) is 11.6 Å². The monoisotopic (exact) mass is 501 g/mol. The summed E-state index contributed by atoms with van der Waals surface area (Å²) in [7, 11) is 0. The number of carbonyl (C=O) groups is 3. The fourth-order valence-corrected chi connectivity index (χ4v) is 4.36. The standard InChI is InChI=1S/C29H30N2O6/c1-29(2,3)37-28(35)31-25(26(32)33)16-18-12-14-19(15-13-18)30-27(34)36-17-24-22-10-6-4-8-20(22)21-9-5-7-11-23(21)24/h4-15,24-25H,16-17H2,1-3H3,(H,30,34)(H,31,35)(H,32,33)/p-1/t25-/m0/s1. The van der Waals surface area contributed by atoms with Crippen LogP contribution in [0.1, 0.15) is 43.4 Å². The Morgan fingerprint density at radius 2 is 1.43 bits per heavy atom. The molecule has 1 aliphatic rings. The average molecular weight is 502 g/mol. The maximum absolute atomic E-state index is 12.5. The molecule has 2 amide bonds. The third kappa shape index (κ3) is 6.46. The summed E-state index contributed by atoms with van der Waals surface area (Å²) in [6, 6.07) is 21.5.